The van der Waals surface area contributed by atoms with Crippen molar-refractivity contribution in [1.29, 1.82) is 0 Å². The molecule has 0 aliphatic heterocycles. The highest BCUT2D eigenvalue weighted by Gasteiger charge is 2.27. The molecule has 3 aromatic rings. The third kappa shape index (κ3) is 3.85. The number of aromatic nitrogens is 1. The van der Waals surface area contributed by atoms with Crippen molar-refractivity contribution in [3.8, 4) is 0 Å². The average Bonchev–Trinajstić information content (AvgIpc) is 3.23. The van der Waals surface area contributed by atoms with E-state index in [1.165, 1.54) is 7.11 Å². The predicted octanol–water partition coefficient (Wildman–Crippen LogP) is 3.86. The lowest BCUT2D eigenvalue weighted by molar-refractivity contribution is -0.144. The second-order valence-corrected chi connectivity index (χ2v) is 7.00. The predicted molar refractivity (Wildman–Crippen MR) is 103 cm³/mol. The maximum Gasteiger partial charge on any atom is 0.328 e. The molecule has 0 aliphatic rings. The lowest BCUT2D eigenvalue weighted by atomic mass is 10.0. The Kier molecular flexibility index (Phi) is 5.56. The number of hydrogen-bond acceptors (Lipinski definition) is 4. The van der Waals surface area contributed by atoms with Crippen LogP contribution in [0.4, 0.5) is 0 Å². The Hall–Kier alpha value is -2.73. The number of methoxy groups -OCH3 is 1. The van der Waals surface area contributed by atoms with Crippen molar-refractivity contribution in [2.24, 2.45) is 5.92 Å². The molecule has 142 valence electrons. The maximum absolute atomic E-state index is 12.9. The fourth-order valence-corrected chi connectivity index (χ4v) is 3.17. The van der Waals surface area contributed by atoms with Crippen LogP contribution in [0.5, 0.6) is 0 Å². The number of amides is 1. The number of carbonyl (C=O) groups is 2. The minimum atomic E-state index is -0.738. The molecular formula is C20H21ClN2O4. The number of nitrogens with one attached hydrogen (secondary N) is 1. The van der Waals surface area contributed by atoms with E-state index in [1.807, 2.05) is 36.6 Å². The Morgan fingerprint density at radius 2 is 2.00 bits per heavy atom. The molecule has 0 bridgehead atoms. The molecule has 0 spiro atoms. The second-order valence-electron chi connectivity index (χ2n) is 6.60. The summed E-state index contributed by atoms with van der Waals surface area (Å²) in [5.74, 6) is -0.972. The van der Waals surface area contributed by atoms with Crippen LogP contribution in [0.3, 0.4) is 0 Å². The zero-order chi connectivity index (χ0) is 19.6. The average molecular weight is 389 g/mol. The van der Waals surface area contributed by atoms with Gasteiger partial charge in [0.2, 0.25) is 0 Å². The van der Waals surface area contributed by atoms with E-state index < -0.39 is 12.0 Å². The maximum atomic E-state index is 12.9. The highest BCUT2D eigenvalue weighted by molar-refractivity contribution is 6.31. The minimum absolute atomic E-state index is 0.114. The monoisotopic (exact) mass is 388 g/mol. The molecule has 2 aromatic heterocycles. The first kappa shape index (κ1) is 19.0. The van der Waals surface area contributed by atoms with Crippen LogP contribution in [-0.2, 0) is 16.1 Å². The molecular weight excluding hydrogens is 368 g/mol. The summed E-state index contributed by atoms with van der Waals surface area (Å²) in [7, 11) is 1.30. The summed E-state index contributed by atoms with van der Waals surface area (Å²) in [5.41, 5.74) is 2.63. The number of halogens is 1. The summed E-state index contributed by atoms with van der Waals surface area (Å²) in [6.07, 6.45) is 1.57. The highest BCUT2D eigenvalue weighted by atomic mass is 35.5. The van der Waals surface area contributed by atoms with Crippen LogP contribution in [0.2, 0.25) is 5.02 Å². The molecule has 0 saturated heterocycles. The van der Waals surface area contributed by atoms with Crippen LogP contribution in [-0.4, -0.2) is 29.6 Å². The zero-order valence-corrected chi connectivity index (χ0v) is 16.1. The minimum Gasteiger partial charge on any atom is -0.467 e. The molecule has 1 N–H and O–H groups in total. The highest BCUT2D eigenvalue weighted by Crippen LogP contribution is 2.25. The number of esters is 1. The molecule has 1 atom stereocenters. The third-order valence-electron chi connectivity index (χ3n) is 4.45. The molecule has 1 amide bonds. The van der Waals surface area contributed by atoms with E-state index in [2.05, 4.69) is 5.32 Å². The molecule has 0 fully saturated rings. The number of ether oxygens (including phenoxy) is 1. The van der Waals surface area contributed by atoms with Crippen LogP contribution in [0.25, 0.3) is 11.1 Å². The first-order valence-electron chi connectivity index (χ1n) is 8.61. The van der Waals surface area contributed by atoms with Crippen molar-refractivity contribution in [2.45, 2.75) is 26.4 Å². The smallest absolute Gasteiger partial charge is 0.328 e. The SMILES string of the molecule is COC(=O)C(NC(=O)c1cc2occc2n1Cc1ccccc1Cl)C(C)C. The summed E-state index contributed by atoms with van der Waals surface area (Å²) < 4.78 is 12.1. The van der Waals surface area contributed by atoms with Crippen molar-refractivity contribution < 1.29 is 18.7 Å². The van der Waals surface area contributed by atoms with Gasteiger partial charge in [0.1, 0.15) is 11.7 Å². The Morgan fingerprint density at radius 3 is 2.67 bits per heavy atom. The van der Waals surface area contributed by atoms with E-state index in [0.29, 0.717) is 22.8 Å². The number of fused-ring (bicyclic) bond motifs is 1. The van der Waals surface area contributed by atoms with Gasteiger partial charge >= 0.3 is 5.97 Å². The number of nitrogens with zero attached hydrogens (tertiary/aromatic N) is 1. The molecule has 6 nitrogen and oxygen atoms in total. The number of carbonyl (C=O) groups excluding carboxylic acids is 2. The molecule has 3 rings (SSSR count). The van der Waals surface area contributed by atoms with E-state index in [0.717, 1.165) is 11.1 Å². The van der Waals surface area contributed by atoms with E-state index in [1.54, 1.807) is 24.5 Å². The zero-order valence-electron chi connectivity index (χ0n) is 15.4. The standard InChI is InChI=1S/C20H21ClN2O4/c1-12(2)18(20(25)26-3)22-19(24)16-10-17-15(8-9-27-17)23(16)11-13-6-4-5-7-14(13)21/h4-10,12,18H,11H2,1-3H3,(H,22,24). The van der Waals surface area contributed by atoms with Crippen LogP contribution >= 0.6 is 11.6 Å². The summed E-state index contributed by atoms with van der Waals surface area (Å²) in [5, 5.41) is 3.38. The Balaban J connectivity index is 1.96. The summed E-state index contributed by atoms with van der Waals surface area (Å²) >= 11 is 6.29. The quantitative estimate of drug-likeness (QED) is 0.650. The molecule has 1 aromatic carbocycles. The van der Waals surface area contributed by atoms with Gasteiger partial charge in [-0.3, -0.25) is 4.79 Å². The fraction of sp³-hybridized carbons (Fsp3) is 0.300. The van der Waals surface area contributed by atoms with Crippen LogP contribution in [0.15, 0.2) is 47.1 Å². The molecule has 7 heteroatoms. The second kappa shape index (κ2) is 7.88. The van der Waals surface area contributed by atoms with E-state index in [9.17, 15) is 9.59 Å². The van der Waals surface area contributed by atoms with E-state index in [-0.39, 0.29) is 11.8 Å². The number of benzene rings is 1. The molecule has 0 radical (unpaired) electrons. The molecule has 2 heterocycles. The lowest BCUT2D eigenvalue weighted by Crippen LogP contribution is -2.45. The summed E-state index contributed by atoms with van der Waals surface area (Å²) in [6.45, 7) is 4.09. The van der Waals surface area contributed by atoms with Crippen molar-refractivity contribution in [2.75, 3.05) is 7.11 Å². The van der Waals surface area contributed by atoms with Gasteiger partial charge < -0.3 is 19.0 Å². The molecule has 0 aliphatic carbocycles. The van der Waals surface area contributed by atoms with Crippen molar-refractivity contribution in [1.82, 2.24) is 9.88 Å². The Bertz CT molecular complexity index is 973. The topological polar surface area (TPSA) is 73.5 Å². The van der Waals surface area contributed by atoms with Crippen molar-refractivity contribution >= 4 is 34.6 Å². The van der Waals surface area contributed by atoms with Crippen LogP contribution in [0, 0.1) is 5.92 Å². The number of hydrogen-bond donors (Lipinski definition) is 1. The molecule has 27 heavy (non-hydrogen) atoms. The number of rotatable bonds is 6. The van der Waals surface area contributed by atoms with Gasteiger partial charge in [0, 0.05) is 23.7 Å². The van der Waals surface area contributed by atoms with Gasteiger partial charge in [-0.15, -0.1) is 0 Å². The third-order valence-corrected chi connectivity index (χ3v) is 4.82. The fourth-order valence-electron chi connectivity index (χ4n) is 2.97. The van der Waals surface area contributed by atoms with Gasteiger partial charge in [-0.2, -0.15) is 0 Å². The van der Waals surface area contributed by atoms with Crippen LogP contribution in [0.1, 0.15) is 29.9 Å². The van der Waals surface area contributed by atoms with Crippen molar-refractivity contribution in [3.63, 3.8) is 0 Å². The van der Waals surface area contributed by atoms with Gasteiger partial charge in [0.15, 0.2) is 5.58 Å². The van der Waals surface area contributed by atoms with Gasteiger partial charge in [-0.25, -0.2) is 4.79 Å². The largest absolute Gasteiger partial charge is 0.467 e. The molecule has 1 unspecified atom stereocenters. The lowest BCUT2D eigenvalue weighted by Gasteiger charge is -2.20. The van der Waals surface area contributed by atoms with Gasteiger partial charge in [-0.05, 0) is 17.5 Å². The molecule has 0 saturated carbocycles. The van der Waals surface area contributed by atoms with Gasteiger partial charge in [0.25, 0.3) is 5.91 Å². The van der Waals surface area contributed by atoms with Crippen LogP contribution < -0.4 is 5.32 Å². The van der Waals surface area contributed by atoms with Gasteiger partial charge in [-0.1, -0.05) is 43.6 Å². The van der Waals surface area contributed by atoms with E-state index >= 15 is 0 Å². The Labute approximate surface area is 162 Å². The first-order chi connectivity index (χ1) is 12.9. The van der Waals surface area contributed by atoms with Gasteiger partial charge in [0.05, 0.1) is 18.9 Å². The Morgan fingerprint density at radius 1 is 1.26 bits per heavy atom. The van der Waals surface area contributed by atoms with E-state index in [4.69, 9.17) is 20.8 Å². The van der Waals surface area contributed by atoms with Crippen molar-refractivity contribution in [3.05, 3.63) is 58.9 Å². The number of furan rings is 1. The first-order valence-corrected chi connectivity index (χ1v) is 8.99. The normalized spacial score (nSPS) is 12.3. The summed E-state index contributed by atoms with van der Waals surface area (Å²) in [4.78, 5) is 24.9. The summed E-state index contributed by atoms with van der Waals surface area (Å²) in [6, 6.07) is 10.2.